The second-order valence-electron chi connectivity index (χ2n) is 5.16. The van der Waals surface area contributed by atoms with E-state index in [0.717, 1.165) is 25.1 Å². The van der Waals surface area contributed by atoms with Crippen molar-refractivity contribution in [2.75, 3.05) is 6.54 Å². The molecule has 2 aromatic rings. The van der Waals surface area contributed by atoms with Crippen LogP contribution in [0.5, 0.6) is 0 Å². The van der Waals surface area contributed by atoms with Crippen LogP contribution < -0.4 is 5.32 Å². The van der Waals surface area contributed by atoms with Crippen molar-refractivity contribution in [3.63, 3.8) is 0 Å². The molecule has 0 bridgehead atoms. The Bertz CT molecular complexity index is 559. The van der Waals surface area contributed by atoms with Crippen LogP contribution in [-0.4, -0.2) is 21.3 Å². The summed E-state index contributed by atoms with van der Waals surface area (Å²) in [6.07, 6.45) is 5.87. The van der Waals surface area contributed by atoms with Crippen molar-refractivity contribution in [2.45, 2.75) is 39.7 Å². The molecular weight excluding hydrogens is 248 g/mol. The molecule has 0 aromatic carbocycles. The Hall–Kier alpha value is -1.68. The van der Waals surface area contributed by atoms with E-state index in [1.165, 1.54) is 16.8 Å². The first-order chi connectivity index (χ1) is 9.67. The molecule has 0 amide bonds. The summed E-state index contributed by atoms with van der Waals surface area (Å²) in [5.41, 5.74) is 4.82. The number of nitrogens with zero attached hydrogens (tertiary/aromatic N) is 3. The SMILES string of the molecule is CCCNC(c1cnccc1C)c1cc(CC)nn1C. The Morgan fingerprint density at radius 3 is 2.75 bits per heavy atom. The van der Waals surface area contributed by atoms with Crippen molar-refractivity contribution in [1.29, 1.82) is 0 Å². The van der Waals surface area contributed by atoms with E-state index in [-0.39, 0.29) is 6.04 Å². The zero-order chi connectivity index (χ0) is 14.5. The minimum atomic E-state index is 0.154. The molecule has 2 rings (SSSR count). The number of aromatic nitrogens is 3. The summed E-state index contributed by atoms with van der Waals surface area (Å²) in [5, 5.41) is 8.19. The molecule has 20 heavy (non-hydrogen) atoms. The fourth-order valence-corrected chi connectivity index (χ4v) is 2.43. The Morgan fingerprint density at radius 2 is 2.15 bits per heavy atom. The summed E-state index contributed by atoms with van der Waals surface area (Å²) in [4.78, 5) is 4.29. The molecule has 0 saturated heterocycles. The minimum Gasteiger partial charge on any atom is -0.305 e. The quantitative estimate of drug-likeness (QED) is 0.879. The van der Waals surface area contributed by atoms with Gasteiger partial charge >= 0.3 is 0 Å². The lowest BCUT2D eigenvalue weighted by atomic mass is 10.0. The Kier molecular flexibility index (Phi) is 4.90. The third-order valence-electron chi connectivity index (χ3n) is 3.61. The highest BCUT2D eigenvalue weighted by Crippen LogP contribution is 2.24. The van der Waals surface area contributed by atoms with Gasteiger partial charge in [0.25, 0.3) is 0 Å². The molecule has 0 aliphatic rings. The molecule has 0 aliphatic heterocycles. The van der Waals surface area contributed by atoms with Gasteiger partial charge in [-0.3, -0.25) is 9.67 Å². The van der Waals surface area contributed by atoms with Gasteiger partial charge in [0, 0.05) is 19.4 Å². The molecule has 1 unspecified atom stereocenters. The predicted molar refractivity (Wildman–Crippen MR) is 81.7 cm³/mol. The van der Waals surface area contributed by atoms with Crippen molar-refractivity contribution in [1.82, 2.24) is 20.1 Å². The smallest absolute Gasteiger partial charge is 0.0765 e. The van der Waals surface area contributed by atoms with Crippen LogP contribution in [0.25, 0.3) is 0 Å². The number of nitrogens with one attached hydrogen (secondary N) is 1. The van der Waals surface area contributed by atoms with Gasteiger partial charge in [0.2, 0.25) is 0 Å². The maximum Gasteiger partial charge on any atom is 0.0765 e. The topological polar surface area (TPSA) is 42.7 Å². The molecular formula is C16H24N4. The molecule has 1 atom stereocenters. The highest BCUT2D eigenvalue weighted by Gasteiger charge is 2.19. The number of pyridine rings is 1. The normalized spacial score (nSPS) is 12.6. The first kappa shape index (κ1) is 14.7. The second kappa shape index (κ2) is 6.66. The second-order valence-corrected chi connectivity index (χ2v) is 5.16. The first-order valence-electron chi connectivity index (χ1n) is 7.34. The Balaban J connectivity index is 2.41. The van der Waals surface area contributed by atoms with Crippen LogP contribution >= 0.6 is 0 Å². The zero-order valence-electron chi connectivity index (χ0n) is 12.8. The molecule has 0 saturated carbocycles. The maximum absolute atomic E-state index is 4.57. The van der Waals surface area contributed by atoms with Crippen LogP contribution in [0.4, 0.5) is 0 Å². The lowest BCUT2D eigenvalue weighted by Gasteiger charge is -2.20. The van der Waals surface area contributed by atoms with Gasteiger partial charge in [-0.05, 0) is 49.6 Å². The zero-order valence-corrected chi connectivity index (χ0v) is 12.8. The molecule has 2 heterocycles. The van der Waals surface area contributed by atoms with Crippen LogP contribution in [0.2, 0.25) is 0 Å². The third-order valence-corrected chi connectivity index (χ3v) is 3.61. The van der Waals surface area contributed by atoms with Gasteiger partial charge in [-0.15, -0.1) is 0 Å². The number of rotatable bonds is 6. The van der Waals surface area contributed by atoms with Crippen molar-refractivity contribution in [2.24, 2.45) is 7.05 Å². The minimum absolute atomic E-state index is 0.154. The van der Waals surface area contributed by atoms with Gasteiger partial charge in [-0.25, -0.2) is 0 Å². The van der Waals surface area contributed by atoms with E-state index in [2.05, 4.69) is 48.3 Å². The number of aryl methyl sites for hydroxylation is 3. The molecule has 1 N–H and O–H groups in total. The third kappa shape index (κ3) is 3.07. The molecule has 0 spiro atoms. The molecule has 4 heteroatoms. The van der Waals surface area contributed by atoms with Crippen molar-refractivity contribution in [3.05, 3.63) is 47.0 Å². The molecule has 0 radical (unpaired) electrons. The van der Waals surface area contributed by atoms with Crippen LogP contribution in [-0.2, 0) is 13.5 Å². The Labute approximate surface area is 121 Å². The molecule has 108 valence electrons. The first-order valence-corrected chi connectivity index (χ1v) is 7.34. The van der Waals surface area contributed by atoms with Gasteiger partial charge in [-0.2, -0.15) is 5.10 Å². The molecule has 0 fully saturated rings. The van der Waals surface area contributed by atoms with Crippen molar-refractivity contribution < 1.29 is 0 Å². The van der Waals surface area contributed by atoms with E-state index < -0.39 is 0 Å². The number of hydrogen-bond acceptors (Lipinski definition) is 3. The summed E-state index contributed by atoms with van der Waals surface area (Å²) in [5.74, 6) is 0. The molecule has 2 aromatic heterocycles. The van der Waals surface area contributed by atoms with E-state index in [9.17, 15) is 0 Å². The summed E-state index contributed by atoms with van der Waals surface area (Å²) < 4.78 is 1.98. The van der Waals surface area contributed by atoms with E-state index in [4.69, 9.17) is 0 Å². The average molecular weight is 272 g/mol. The molecule has 4 nitrogen and oxygen atoms in total. The monoisotopic (exact) mass is 272 g/mol. The number of hydrogen-bond donors (Lipinski definition) is 1. The van der Waals surface area contributed by atoms with Crippen LogP contribution in [0.15, 0.2) is 24.5 Å². The van der Waals surface area contributed by atoms with Crippen LogP contribution in [0.1, 0.15) is 48.8 Å². The van der Waals surface area contributed by atoms with Gasteiger partial charge in [0.05, 0.1) is 17.4 Å². The van der Waals surface area contributed by atoms with Crippen molar-refractivity contribution >= 4 is 0 Å². The average Bonchev–Trinajstić information content (AvgIpc) is 2.82. The highest BCUT2D eigenvalue weighted by molar-refractivity contribution is 5.32. The van der Waals surface area contributed by atoms with E-state index >= 15 is 0 Å². The van der Waals surface area contributed by atoms with Gasteiger partial charge < -0.3 is 5.32 Å². The predicted octanol–water partition coefficient (Wildman–Crippen LogP) is 2.77. The fourth-order valence-electron chi connectivity index (χ4n) is 2.43. The van der Waals surface area contributed by atoms with Crippen LogP contribution in [0.3, 0.4) is 0 Å². The van der Waals surface area contributed by atoms with E-state index in [0.29, 0.717) is 0 Å². The van der Waals surface area contributed by atoms with E-state index in [1.807, 2.05) is 24.1 Å². The van der Waals surface area contributed by atoms with Crippen molar-refractivity contribution in [3.8, 4) is 0 Å². The highest BCUT2D eigenvalue weighted by atomic mass is 15.3. The fraction of sp³-hybridized carbons (Fsp3) is 0.500. The van der Waals surface area contributed by atoms with Gasteiger partial charge in [0.15, 0.2) is 0 Å². The standard InChI is InChI=1S/C16H24N4/c1-5-8-18-16(14-11-17-9-7-12(14)3)15-10-13(6-2)19-20(15)4/h7,9-11,16,18H,5-6,8H2,1-4H3. The Morgan fingerprint density at radius 1 is 1.35 bits per heavy atom. The van der Waals surface area contributed by atoms with Gasteiger partial charge in [0.1, 0.15) is 0 Å². The van der Waals surface area contributed by atoms with Gasteiger partial charge in [-0.1, -0.05) is 13.8 Å². The summed E-state index contributed by atoms with van der Waals surface area (Å²) in [6.45, 7) is 7.43. The lowest BCUT2D eigenvalue weighted by molar-refractivity contribution is 0.550. The molecule has 0 aliphatic carbocycles. The largest absolute Gasteiger partial charge is 0.305 e. The van der Waals surface area contributed by atoms with Crippen LogP contribution in [0, 0.1) is 6.92 Å². The summed E-state index contributed by atoms with van der Waals surface area (Å²) in [6, 6.07) is 4.41. The van der Waals surface area contributed by atoms with E-state index in [1.54, 1.807) is 0 Å². The summed E-state index contributed by atoms with van der Waals surface area (Å²) in [7, 11) is 2.01. The maximum atomic E-state index is 4.57. The lowest BCUT2D eigenvalue weighted by Crippen LogP contribution is -2.26. The summed E-state index contributed by atoms with van der Waals surface area (Å²) >= 11 is 0.